The van der Waals surface area contributed by atoms with Crippen LogP contribution in [-0.4, -0.2) is 49.1 Å². The molecule has 0 bridgehead atoms. The first-order chi connectivity index (χ1) is 9.58. The number of anilines is 1. The molecule has 4 heteroatoms. The number of urea groups is 1. The van der Waals surface area contributed by atoms with E-state index >= 15 is 0 Å². The number of carbonyl (C=O) groups excluding carboxylic acids is 1. The van der Waals surface area contributed by atoms with Gasteiger partial charge in [-0.2, -0.15) is 0 Å². The number of carbonyl (C=O) groups is 1. The minimum atomic E-state index is 0.0236. The molecule has 0 unspecified atom stereocenters. The lowest BCUT2D eigenvalue weighted by Crippen LogP contribution is -2.34. The fraction of sp³-hybridized carbons (Fsp3) is 0.562. The van der Waals surface area contributed by atoms with E-state index in [9.17, 15) is 4.79 Å². The van der Waals surface area contributed by atoms with Crippen LogP contribution in [0.25, 0.3) is 0 Å². The van der Waals surface area contributed by atoms with Gasteiger partial charge >= 0.3 is 6.03 Å². The predicted octanol–water partition coefficient (Wildman–Crippen LogP) is 2.80. The Morgan fingerprint density at radius 2 is 2.10 bits per heavy atom. The number of rotatable bonds is 4. The molecule has 1 heterocycles. The number of aryl methyl sites for hydroxylation is 1. The molecule has 4 nitrogen and oxygen atoms in total. The summed E-state index contributed by atoms with van der Waals surface area (Å²) in [5.41, 5.74) is 2.07. The second-order valence-electron chi connectivity index (χ2n) is 5.75. The second kappa shape index (κ2) is 6.75. The maximum Gasteiger partial charge on any atom is 0.321 e. The summed E-state index contributed by atoms with van der Waals surface area (Å²) in [6, 6.07) is 7.95. The number of benzene rings is 1. The zero-order chi connectivity index (χ0) is 14.5. The SMILES string of the molecule is CCN(C)C[C@H]1CCN(C(=O)Nc2ccc(C)cc2)C1. The van der Waals surface area contributed by atoms with Gasteiger partial charge in [0.05, 0.1) is 0 Å². The van der Waals surface area contributed by atoms with Crippen molar-refractivity contribution < 1.29 is 4.79 Å². The van der Waals surface area contributed by atoms with Gasteiger partial charge in [-0.3, -0.25) is 0 Å². The summed E-state index contributed by atoms with van der Waals surface area (Å²) in [6.07, 6.45) is 1.10. The number of amides is 2. The lowest BCUT2D eigenvalue weighted by atomic mass is 10.1. The highest BCUT2D eigenvalue weighted by Gasteiger charge is 2.26. The van der Waals surface area contributed by atoms with Crippen molar-refractivity contribution in [1.82, 2.24) is 9.80 Å². The average Bonchev–Trinajstić information content (AvgIpc) is 2.89. The number of hydrogen-bond acceptors (Lipinski definition) is 2. The molecule has 20 heavy (non-hydrogen) atoms. The van der Waals surface area contributed by atoms with Crippen molar-refractivity contribution in [2.45, 2.75) is 20.3 Å². The van der Waals surface area contributed by atoms with Gasteiger partial charge in [-0.05, 0) is 45.0 Å². The molecule has 2 amide bonds. The molecular formula is C16H25N3O. The van der Waals surface area contributed by atoms with Crippen LogP contribution in [0.5, 0.6) is 0 Å². The highest BCUT2D eigenvalue weighted by Crippen LogP contribution is 2.18. The number of hydrogen-bond donors (Lipinski definition) is 1. The topological polar surface area (TPSA) is 35.6 Å². The van der Waals surface area contributed by atoms with Crippen molar-refractivity contribution in [2.24, 2.45) is 5.92 Å². The van der Waals surface area contributed by atoms with Crippen LogP contribution >= 0.6 is 0 Å². The standard InChI is InChI=1S/C16H25N3O/c1-4-18(3)11-14-9-10-19(12-14)16(20)17-15-7-5-13(2)6-8-15/h5-8,14H,4,9-12H2,1-3H3,(H,17,20)/t14-/m1/s1. The molecule has 1 aromatic carbocycles. The van der Waals surface area contributed by atoms with E-state index in [2.05, 4.69) is 24.2 Å². The minimum Gasteiger partial charge on any atom is -0.324 e. The van der Waals surface area contributed by atoms with Crippen LogP contribution in [0.15, 0.2) is 24.3 Å². The van der Waals surface area contributed by atoms with Crippen molar-refractivity contribution in [3.63, 3.8) is 0 Å². The van der Waals surface area contributed by atoms with Crippen LogP contribution in [0, 0.1) is 12.8 Å². The van der Waals surface area contributed by atoms with E-state index < -0.39 is 0 Å². The third kappa shape index (κ3) is 3.97. The van der Waals surface area contributed by atoms with Crippen molar-refractivity contribution >= 4 is 11.7 Å². The van der Waals surface area contributed by atoms with Gasteiger partial charge in [-0.25, -0.2) is 4.79 Å². The first-order valence-electron chi connectivity index (χ1n) is 7.39. The van der Waals surface area contributed by atoms with Gasteiger partial charge in [0.25, 0.3) is 0 Å². The average molecular weight is 275 g/mol. The Morgan fingerprint density at radius 1 is 1.40 bits per heavy atom. The van der Waals surface area contributed by atoms with Crippen LogP contribution < -0.4 is 5.32 Å². The largest absolute Gasteiger partial charge is 0.324 e. The first kappa shape index (κ1) is 14.9. The van der Waals surface area contributed by atoms with Crippen molar-refractivity contribution in [1.29, 1.82) is 0 Å². The fourth-order valence-electron chi connectivity index (χ4n) is 2.58. The molecule has 1 atom stereocenters. The van der Waals surface area contributed by atoms with Crippen LogP contribution in [0.1, 0.15) is 18.9 Å². The third-order valence-electron chi connectivity index (χ3n) is 3.99. The Hall–Kier alpha value is -1.55. The highest BCUT2D eigenvalue weighted by molar-refractivity contribution is 5.89. The lowest BCUT2D eigenvalue weighted by Gasteiger charge is -2.20. The van der Waals surface area contributed by atoms with Gasteiger partial charge in [0.2, 0.25) is 0 Å². The summed E-state index contributed by atoms with van der Waals surface area (Å²) in [7, 11) is 2.13. The molecule has 0 aliphatic carbocycles. The predicted molar refractivity (Wildman–Crippen MR) is 83.0 cm³/mol. The van der Waals surface area contributed by atoms with E-state index in [1.165, 1.54) is 5.56 Å². The quantitative estimate of drug-likeness (QED) is 0.917. The van der Waals surface area contributed by atoms with E-state index in [1.54, 1.807) is 0 Å². The summed E-state index contributed by atoms with van der Waals surface area (Å²) in [5.74, 6) is 0.601. The molecule has 1 fully saturated rings. The molecule has 1 saturated heterocycles. The summed E-state index contributed by atoms with van der Waals surface area (Å²) < 4.78 is 0. The van der Waals surface area contributed by atoms with Crippen molar-refractivity contribution in [3.05, 3.63) is 29.8 Å². The van der Waals surface area contributed by atoms with E-state index in [0.29, 0.717) is 5.92 Å². The summed E-state index contributed by atoms with van der Waals surface area (Å²) in [5, 5.41) is 2.97. The zero-order valence-electron chi connectivity index (χ0n) is 12.7. The fourth-order valence-corrected chi connectivity index (χ4v) is 2.58. The van der Waals surface area contributed by atoms with E-state index in [-0.39, 0.29) is 6.03 Å². The number of likely N-dealkylation sites (tertiary alicyclic amines) is 1. The molecule has 110 valence electrons. The summed E-state index contributed by atoms with van der Waals surface area (Å²) in [4.78, 5) is 16.4. The molecule has 0 saturated carbocycles. The number of nitrogens with one attached hydrogen (secondary N) is 1. The Kier molecular flexibility index (Phi) is 5.01. The maximum atomic E-state index is 12.2. The molecule has 1 N–H and O–H groups in total. The normalized spacial score (nSPS) is 18.6. The molecule has 1 aromatic rings. The maximum absolute atomic E-state index is 12.2. The molecule has 1 aliphatic heterocycles. The molecule has 0 radical (unpaired) electrons. The monoisotopic (exact) mass is 275 g/mol. The lowest BCUT2D eigenvalue weighted by molar-refractivity contribution is 0.218. The second-order valence-corrected chi connectivity index (χ2v) is 5.75. The first-order valence-corrected chi connectivity index (χ1v) is 7.39. The zero-order valence-corrected chi connectivity index (χ0v) is 12.7. The van der Waals surface area contributed by atoms with E-state index in [1.807, 2.05) is 36.1 Å². The molecule has 0 aromatic heterocycles. The molecule has 1 aliphatic rings. The van der Waals surface area contributed by atoms with Crippen LogP contribution in [-0.2, 0) is 0 Å². The van der Waals surface area contributed by atoms with Gasteiger partial charge < -0.3 is 15.1 Å². The van der Waals surface area contributed by atoms with E-state index in [0.717, 1.165) is 38.3 Å². The van der Waals surface area contributed by atoms with Gasteiger partial charge in [0.1, 0.15) is 0 Å². The van der Waals surface area contributed by atoms with Crippen LogP contribution in [0.2, 0.25) is 0 Å². The van der Waals surface area contributed by atoms with Crippen LogP contribution in [0.4, 0.5) is 10.5 Å². The van der Waals surface area contributed by atoms with Gasteiger partial charge in [0, 0.05) is 25.3 Å². The molecule has 0 spiro atoms. The highest BCUT2D eigenvalue weighted by atomic mass is 16.2. The van der Waals surface area contributed by atoms with Crippen molar-refractivity contribution in [2.75, 3.05) is 38.5 Å². The summed E-state index contributed by atoms with van der Waals surface area (Å²) in [6.45, 7) is 8.07. The van der Waals surface area contributed by atoms with Crippen LogP contribution in [0.3, 0.4) is 0 Å². The Morgan fingerprint density at radius 3 is 2.75 bits per heavy atom. The molecule has 2 rings (SSSR count). The Balaban J connectivity index is 1.83. The third-order valence-corrected chi connectivity index (χ3v) is 3.99. The van der Waals surface area contributed by atoms with Gasteiger partial charge in [-0.15, -0.1) is 0 Å². The van der Waals surface area contributed by atoms with Gasteiger partial charge in [0.15, 0.2) is 0 Å². The minimum absolute atomic E-state index is 0.0236. The Labute approximate surface area is 121 Å². The van der Waals surface area contributed by atoms with Crippen molar-refractivity contribution in [3.8, 4) is 0 Å². The summed E-state index contributed by atoms with van der Waals surface area (Å²) >= 11 is 0. The smallest absolute Gasteiger partial charge is 0.321 e. The van der Waals surface area contributed by atoms with Gasteiger partial charge in [-0.1, -0.05) is 24.6 Å². The number of nitrogens with zero attached hydrogens (tertiary/aromatic N) is 2. The Bertz CT molecular complexity index is 444. The molecular weight excluding hydrogens is 250 g/mol. The van der Waals surface area contributed by atoms with E-state index in [4.69, 9.17) is 0 Å².